The fourth-order valence-electron chi connectivity index (χ4n) is 1.89. The molecule has 122 valence electrons. The maximum Gasteiger partial charge on any atom is 0.192 e. The van der Waals surface area contributed by atoms with Crippen LogP contribution < -0.4 is 10.1 Å². The lowest BCUT2D eigenvalue weighted by Gasteiger charge is -2.38. The van der Waals surface area contributed by atoms with Gasteiger partial charge in [-0.15, -0.1) is 0 Å². The number of hydrogen-bond acceptors (Lipinski definition) is 4. The summed E-state index contributed by atoms with van der Waals surface area (Å²) < 4.78 is 11.5. The molecule has 5 heteroatoms. The zero-order valence-electron chi connectivity index (χ0n) is 14.8. The van der Waals surface area contributed by atoms with Gasteiger partial charge in [-0.1, -0.05) is 20.8 Å². The summed E-state index contributed by atoms with van der Waals surface area (Å²) in [6.07, 6.45) is 0.119. The minimum Gasteiger partial charge on any atom is -0.495 e. The Bertz CT molecular complexity index is 545. The molecule has 1 atom stereocenters. The third-order valence-electron chi connectivity index (χ3n) is 4.22. The van der Waals surface area contributed by atoms with Crippen molar-refractivity contribution < 1.29 is 9.16 Å². The van der Waals surface area contributed by atoms with E-state index in [1.54, 1.807) is 19.2 Å². The summed E-state index contributed by atoms with van der Waals surface area (Å²) in [5, 5.41) is 12.7. The van der Waals surface area contributed by atoms with Crippen LogP contribution >= 0.6 is 0 Å². The molecule has 22 heavy (non-hydrogen) atoms. The van der Waals surface area contributed by atoms with Crippen LogP contribution in [0.15, 0.2) is 18.2 Å². The van der Waals surface area contributed by atoms with E-state index in [4.69, 9.17) is 14.4 Å². The Balaban J connectivity index is 2.65. The van der Waals surface area contributed by atoms with Crippen LogP contribution in [0, 0.1) is 11.3 Å². The Morgan fingerprint density at radius 3 is 2.45 bits per heavy atom. The van der Waals surface area contributed by atoms with Crippen LogP contribution in [0.25, 0.3) is 0 Å². The molecule has 0 aliphatic heterocycles. The topological polar surface area (TPSA) is 54.3 Å². The fraction of sp³-hybridized carbons (Fsp3) is 0.588. The summed E-state index contributed by atoms with van der Waals surface area (Å²) in [4.78, 5) is 0. The van der Waals surface area contributed by atoms with Gasteiger partial charge < -0.3 is 14.5 Å². The van der Waals surface area contributed by atoms with Crippen molar-refractivity contribution in [3.63, 3.8) is 0 Å². The van der Waals surface area contributed by atoms with Crippen LogP contribution in [0.4, 0.5) is 5.69 Å². The zero-order valence-corrected chi connectivity index (χ0v) is 15.8. The van der Waals surface area contributed by atoms with Gasteiger partial charge in [0.1, 0.15) is 11.8 Å². The van der Waals surface area contributed by atoms with E-state index in [0.29, 0.717) is 17.9 Å². The molecule has 0 heterocycles. The highest BCUT2D eigenvalue weighted by Gasteiger charge is 2.38. The standard InChI is InChI=1S/C17H28N2O2Si/c1-13(21-22(6,7)17(2,3)4)12-19-15-8-9-16(20-5)14(10-15)11-18/h8-10,13,19H,12H2,1-7H3. The van der Waals surface area contributed by atoms with E-state index in [1.807, 2.05) is 6.07 Å². The van der Waals surface area contributed by atoms with Gasteiger partial charge in [0, 0.05) is 12.2 Å². The Hall–Kier alpha value is -1.51. The third-order valence-corrected chi connectivity index (χ3v) is 8.82. The van der Waals surface area contributed by atoms with Crippen LogP contribution in [0.2, 0.25) is 18.1 Å². The van der Waals surface area contributed by atoms with Gasteiger partial charge in [0.15, 0.2) is 8.32 Å². The van der Waals surface area contributed by atoms with Crippen LogP contribution in [0.5, 0.6) is 5.75 Å². The van der Waals surface area contributed by atoms with Gasteiger partial charge in [-0.3, -0.25) is 0 Å². The van der Waals surface area contributed by atoms with E-state index in [-0.39, 0.29) is 11.1 Å². The second-order valence-corrected chi connectivity index (χ2v) is 11.9. The summed E-state index contributed by atoms with van der Waals surface area (Å²) >= 11 is 0. The molecular weight excluding hydrogens is 292 g/mol. The molecule has 4 nitrogen and oxygen atoms in total. The highest BCUT2D eigenvalue weighted by Crippen LogP contribution is 2.37. The Kier molecular flexibility index (Phi) is 6.04. The van der Waals surface area contributed by atoms with Crippen LogP contribution in [0.3, 0.4) is 0 Å². The SMILES string of the molecule is COc1ccc(NCC(C)O[Si](C)(C)C(C)(C)C)cc1C#N. The molecule has 0 aliphatic rings. The average Bonchev–Trinajstić information content (AvgIpc) is 2.43. The lowest BCUT2D eigenvalue weighted by molar-refractivity contribution is 0.211. The molecular formula is C17H28N2O2Si. The fourth-order valence-corrected chi connectivity index (χ4v) is 3.33. The van der Waals surface area contributed by atoms with Crippen molar-refractivity contribution in [3.8, 4) is 11.8 Å². The first-order chi connectivity index (χ1) is 10.1. The number of benzene rings is 1. The molecule has 0 saturated carbocycles. The Morgan fingerprint density at radius 1 is 1.32 bits per heavy atom. The summed E-state index contributed by atoms with van der Waals surface area (Å²) in [6, 6.07) is 7.67. The van der Waals surface area contributed by atoms with Gasteiger partial charge in [0.05, 0.1) is 18.8 Å². The number of nitriles is 1. The molecule has 1 N–H and O–H groups in total. The molecule has 0 aromatic heterocycles. The molecule has 0 spiro atoms. The van der Waals surface area contributed by atoms with E-state index >= 15 is 0 Å². The minimum absolute atomic E-state index is 0.119. The lowest BCUT2D eigenvalue weighted by atomic mass is 10.2. The molecule has 0 aliphatic carbocycles. The highest BCUT2D eigenvalue weighted by molar-refractivity contribution is 6.74. The number of methoxy groups -OCH3 is 1. The molecule has 0 fully saturated rings. The van der Waals surface area contributed by atoms with Gasteiger partial charge in [0.25, 0.3) is 0 Å². The van der Waals surface area contributed by atoms with Crippen molar-refractivity contribution in [2.75, 3.05) is 19.0 Å². The van der Waals surface area contributed by atoms with Crippen LogP contribution in [-0.4, -0.2) is 28.1 Å². The maximum absolute atomic E-state index is 9.12. The normalized spacial score (nSPS) is 13.4. The number of nitrogens with zero attached hydrogens (tertiary/aromatic N) is 1. The smallest absolute Gasteiger partial charge is 0.192 e. The summed E-state index contributed by atoms with van der Waals surface area (Å²) in [5.41, 5.74) is 1.44. The zero-order chi connectivity index (χ0) is 17.0. The molecule has 0 amide bonds. The van der Waals surface area contributed by atoms with E-state index in [9.17, 15) is 0 Å². The number of nitrogens with one attached hydrogen (secondary N) is 1. The minimum atomic E-state index is -1.75. The summed E-state index contributed by atoms with van der Waals surface area (Å²) in [5.74, 6) is 0.596. The van der Waals surface area contributed by atoms with Gasteiger partial charge in [-0.25, -0.2) is 0 Å². The molecule has 1 aromatic carbocycles. The van der Waals surface area contributed by atoms with Crippen molar-refractivity contribution in [1.82, 2.24) is 0 Å². The van der Waals surface area contributed by atoms with Crippen LogP contribution in [0.1, 0.15) is 33.3 Å². The second kappa shape index (κ2) is 7.17. The molecule has 1 unspecified atom stereocenters. The highest BCUT2D eigenvalue weighted by atomic mass is 28.4. The number of hydrogen-bond donors (Lipinski definition) is 1. The lowest BCUT2D eigenvalue weighted by Crippen LogP contribution is -2.44. The average molecular weight is 321 g/mol. The quantitative estimate of drug-likeness (QED) is 0.790. The first-order valence-corrected chi connectivity index (χ1v) is 10.5. The van der Waals surface area contributed by atoms with Gasteiger partial charge in [-0.05, 0) is 43.3 Å². The van der Waals surface area contributed by atoms with Gasteiger partial charge in [-0.2, -0.15) is 5.26 Å². The molecule has 1 rings (SSSR count). The van der Waals surface area contributed by atoms with Gasteiger partial charge >= 0.3 is 0 Å². The number of ether oxygens (including phenoxy) is 1. The second-order valence-electron chi connectivity index (χ2n) is 7.10. The molecule has 0 saturated heterocycles. The van der Waals surface area contributed by atoms with E-state index in [0.717, 1.165) is 5.69 Å². The van der Waals surface area contributed by atoms with Crippen molar-refractivity contribution in [3.05, 3.63) is 23.8 Å². The van der Waals surface area contributed by atoms with Crippen molar-refractivity contribution in [1.29, 1.82) is 5.26 Å². The number of anilines is 1. The predicted molar refractivity (Wildman–Crippen MR) is 93.9 cm³/mol. The van der Waals surface area contributed by atoms with E-state index < -0.39 is 8.32 Å². The molecule has 0 radical (unpaired) electrons. The Labute approximate surface area is 135 Å². The predicted octanol–water partition coefficient (Wildman–Crippen LogP) is 4.39. The summed E-state index contributed by atoms with van der Waals surface area (Å²) in [6.45, 7) is 14.0. The number of rotatable bonds is 6. The van der Waals surface area contributed by atoms with Crippen molar-refractivity contribution >= 4 is 14.0 Å². The largest absolute Gasteiger partial charge is 0.495 e. The van der Waals surface area contributed by atoms with E-state index in [2.05, 4.69) is 52.2 Å². The summed E-state index contributed by atoms with van der Waals surface area (Å²) in [7, 11) is -0.183. The first-order valence-electron chi connectivity index (χ1n) is 7.60. The van der Waals surface area contributed by atoms with Gasteiger partial charge in [0.2, 0.25) is 0 Å². The molecule has 0 bridgehead atoms. The third kappa shape index (κ3) is 4.75. The first kappa shape index (κ1) is 18.5. The molecule has 1 aromatic rings. The van der Waals surface area contributed by atoms with E-state index in [1.165, 1.54) is 0 Å². The van der Waals surface area contributed by atoms with Crippen LogP contribution in [-0.2, 0) is 4.43 Å². The maximum atomic E-state index is 9.12. The van der Waals surface area contributed by atoms with Crippen molar-refractivity contribution in [2.24, 2.45) is 0 Å². The van der Waals surface area contributed by atoms with Crippen molar-refractivity contribution in [2.45, 2.75) is 51.9 Å². The monoisotopic (exact) mass is 320 g/mol. The Morgan fingerprint density at radius 2 is 1.95 bits per heavy atom.